The molecule has 0 saturated heterocycles. The van der Waals surface area contributed by atoms with Crippen LogP contribution in [0.25, 0.3) is 0 Å². The molecule has 1 amide bonds. The summed E-state index contributed by atoms with van der Waals surface area (Å²) in [5.74, 6) is -0.355. The Hall–Kier alpha value is -2.33. The lowest BCUT2D eigenvalue weighted by Gasteiger charge is -2.16. The van der Waals surface area contributed by atoms with Crippen LogP contribution in [0.1, 0.15) is 23.2 Å². The Morgan fingerprint density at radius 2 is 1.93 bits per heavy atom. The molecule has 0 bridgehead atoms. The number of anilines is 1. The van der Waals surface area contributed by atoms with Crippen molar-refractivity contribution in [3.63, 3.8) is 0 Å². The summed E-state index contributed by atoms with van der Waals surface area (Å²) in [4.78, 5) is 30.9. The van der Waals surface area contributed by atoms with Crippen LogP contribution in [0.5, 0.6) is 0 Å². The summed E-state index contributed by atoms with van der Waals surface area (Å²) in [5.41, 5.74) is 1.20. The number of hydrogen-bond donors (Lipinski definition) is 1. The van der Waals surface area contributed by atoms with Gasteiger partial charge >= 0.3 is 11.9 Å². The molecule has 1 aliphatic rings. The highest BCUT2D eigenvalue weighted by Crippen LogP contribution is 2.31. The molecule has 0 unspecified atom stereocenters. The first-order valence-corrected chi connectivity index (χ1v) is 10.5. The Kier molecular flexibility index (Phi) is 6.87. The maximum absolute atomic E-state index is 12.6. The van der Waals surface area contributed by atoms with Gasteiger partial charge in [-0.2, -0.15) is 18.2 Å². The number of carbonyl (C=O) groups is 1. The van der Waals surface area contributed by atoms with E-state index in [1.165, 1.54) is 23.9 Å². The van der Waals surface area contributed by atoms with E-state index >= 15 is 0 Å². The number of hydrogen-bond acceptors (Lipinski definition) is 5. The second-order valence-electron chi connectivity index (χ2n) is 7.35. The van der Waals surface area contributed by atoms with Gasteiger partial charge < -0.3 is 10.2 Å². The Labute approximate surface area is 176 Å². The normalized spacial score (nSPS) is 13.5. The van der Waals surface area contributed by atoms with Gasteiger partial charge in [0.15, 0.2) is 0 Å². The van der Waals surface area contributed by atoms with Gasteiger partial charge in [0.2, 0.25) is 5.91 Å². The molecule has 0 fully saturated rings. The first-order chi connectivity index (χ1) is 14.1. The molecule has 10 heteroatoms. The molecule has 2 aromatic rings. The number of halogens is 3. The summed E-state index contributed by atoms with van der Waals surface area (Å²) in [6, 6.07) is 4.27. The molecular weight excluding hydrogens is 417 g/mol. The van der Waals surface area contributed by atoms with Crippen molar-refractivity contribution >= 4 is 23.4 Å². The summed E-state index contributed by atoms with van der Waals surface area (Å²) in [5, 5.41) is 3.14. The second-order valence-corrected chi connectivity index (χ2v) is 8.31. The van der Waals surface area contributed by atoms with Crippen LogP contribution in [0.2, 0.25) is 0 Å². The van der Waals surface area contributed by atoms with Gasteiger partial charge in [0.1, 0.15) is 5.03 Å². The van der Waals surface area contributed by atoms with Crippen LogP contribution in [-0.4, -0.2) is 46.8 Å². The van der Waals surface area contributed by atoms with Gasteiger partial charge in [-0.15, -0.1) is 0 Å². The fourth-order valence-corrected chi connectivity index (χ4v) is 4.19. The van der Waals surface area contributed by atoms with E-state index < -0.39 is 11.7 Å². The molecule has 3 rings (SSSR count). The van der Waals surface area contributed by atoms with E-state index in [-0.39, 0.29) is 23.0 Å². The Balaban J connectivity index is 1.66. The summed E-state index contributed by atoms with van der Waals surface area (Å²) >= 11 is 1.18. The topological polar surface area (TPSA) is 67.2 Å². The van der Waals surface area contributed by atoms with Crippen molar-refractivity contribution in [3.05, 3.63) is 51.6 Å². The maximum Gasteiger partial charge on any atom is 0.416 e. The fraction of sp³-hybridized carbons (Fsp3) is 0.450. The molecule has 1 aliphatic carbocycles. The number of likely N-dealkylation sites (N-methyl/N-ethyl adjacent to an activating group) is 1. The van der Waals surface area contributed by atoms with Crippen molar-refractivity contribution < 1.29 is 18.0 Å². The van der Waals surface area contributed by atoms with Crippen molar-refractivity contribution in [1.29, 1.82) is 0 Å². The number of nitrogens with zero attached hydrogens (tertiary/aromatic N) is 3. The van der Waals surface area contributed by atoms with Gasteiger partial charge in [-0.25, -0.2) is 4.79 Å². The van der Waals surface area contributed by atoms with Crippen LogP contribution in [0.3, 0.4) is 0 Å². The number of carbonyl (C=O) groups excluding carboxylic acids is 1. The maximum atomic E-state index is 12.6. The van der Waals surface area contributed by atoms with E-state index in [1.807, 2.05) is 19.0 Å². The minimum Gasteiger partial charge on any atom is -0.325 e. The highest BCUT2D eigenvalue weighted by Gasteiger charge is 2.30. The van der Waals surface area contributed by atoms with Crippen LogP contribution < -0.4 is 11.0 Å². The van der Waals surface area contributed by atoms with Gasteiger partial charge in [-0.05, 0) is 57.6 Å². The fourth-order valence-electron chi connectivity index (χ4n) is 3.31. The molecule has 0 spiro atoms. The smallest absolute Gasteiger partial charge is 0.325 e. The zero-order chi connectivity index (χ0) is 21.9. The number of aromatic nitrogens is 2. The monoisotopic (exact) mass is 440 g/mol. The molecular formula is C20H23F3N4O2S. The van der Waals surface area contributed by atoms with E-state index in [4.69, 9.17) is 0 Å². The standard InChI is InChI=1S/C20H23F3N4O2S/c1-26(2)10-11-27-16-5-3-4-15(16)18(25-19(27)29)30-12-17(28)24-14-8-6-13(7-9-14)20(21,22)23/h6-9H,3-5,10-12H2,1-2H3,(H,24,28). The van der Waals surface area contributed by atoms with Crippen LogP contribution in [0.15, 0.2) is 34.1 Å². The second kappa shape index (κ2) is 9.22. The van der Waals surface area contributed by atoms with Crippen LogP contribution in [0, 0.1) is 0 Å². The number of alkyl halides is 3. The summed E-state index contributed by atoms with van der Waals surface area (Å²) in [6.07, 6.45) is -1.86. The van der Waals surface area contributed by atoms with Gasteiger partial charge in [-0.3, -0.25) is 9.36 Å². The molecule has 0 atom stereocenters. The Morgan fingerprint density at radius 3 is 2.57 bits per heavy atom. The number of nitrogens with one attached hydrogen (secondary N) is 1. The van der Waals surface area contributed by atoms with Gasteiger partial charge in [-0.1, -0.05) is 11.8 Å². The van der Waals surface area contributed by atoms with E-state index in [2.05, 4.69) is 10.3 Å². The Morgan fingerprint density at radius 1 is 1.23 bits per heavy atom. The highest BCUT2D eigenvalue weighted by molar-refractivity contribution is 8.00. The van der Waals surface area contributed by atoms with Crippen molar-refractivity contribution in [2.24, 2.45) is 0 Å². The molecule has 6 nitrogen and oxygen atoms in total. The number of thioether (sulfide) groups is 1. The minimum atomic E-state index is -4.42. The SMILES string of the molecule is CN(C)CCn1c2c(c(SCC(=O)Nc3ccc(C(F)(F)F)cc3)nc1=O)CCC2. The number of amides is 1. The van der Waals surface area contributed by atoms with Crippen molar-refractivity contribution in [3.8, 4) is 0 Å². The van der Waals surface area contributed by atoms with E-state index in [0.717, 1.165) is 49.2 Å². The zero-order valence-electron chi connectivity index (χ0n) is 16.8. The predicted octanol–water partition coefficient (Wildman–Crippen LogP) is 3.04. The average molecular weight is 440 g/mol. The van der Waals surface area contributed by atoms with Gasteiger partial charge in [0.25, 0.3) is 0 Å². The molecule has 30 heavy (non-hydrogen) atoms. The number of fused-ring (bicyclic) bond motifs is 1. The third-order valence-electron chi connectivity index (χ3n) is 4.81. The van der Waals surface area contributed by atoms with E-state index in [9.17, 15) is 22.8 Å². The van der Waals surface area contributed by atoms with Crippen LogP contribution in [-0.2, 0) is 30.4 Å². The molecule has 1 aromatic heterocycles. The quantitative estimate of drug-likeness (QED) is 0.530. The first kappa shape index (κ1) is 22.4. The average Bonchev–Trinajstić information content (AvgIpc) is 3.15. The molecule has 1 aromatic carbocycles. The minimum absolute atomic E-state index is 0.0155. The molecule has 1 heterocycles. The third kappa shape index (κ3) is 5.42. The van der Waals surface area contributed by atoms with Crippen molar-refractivity contribution in [2.45, 2.75) is 37.0 Å². The lowest BCUT2D eigenvalue weighted by atomic mass is 10.2. The Bertz CT molecular complexity index is 972. The van der Waals surface area contributed by atoms with Gasteiger partial charge in [0.05, 0.1) is 11.3 Å². The largest absolute Gasteiger partial charge is 0.416 e. The zero-order valence-corrected chi connectivity index (χ0v) is 17.6. The number of rotatable bonds is 7. The van der Waals surface area contributed by atoms with E-state index in [1.54, 1.807) is 4.57 Å². The van der Waals surface area contributed by atoms with E-state index in [0.29, 0.717) is 11.6 Å². The summed E-state index contributed by atoms with van der Waals surface area (Å²) in [7, 11) is 3.89. The third-order valence-corrected chi connectivity index (χ3v) is 5.83. The van der Waals surface area contributed by atoms with Crippen molar-refractivity contribution in [2.75, 3.05) is 31.7 Å². The highest BCUT2D eigenvalue weighted by atomic mass is 32.2. The lowest BCUT2D eigenvalue weighted by molar-refractivity contribution is -0.137. The van der Waals surface area contributed by atoms with Gasteiger partial charge in [0, 0.05) is 30.0 Å². The number of benzene rings is 1. The first-order valence-electron chi connectivity index (χ1n) is 9.52. The molecule has 0 saturated carbocycles. The van der Waals surface area contributed by atoms with Crippen LogP contribution in [0.4, 0.5) is 18.9 Å². The summed E-state index contributed by atoms with van der Waals surface area (Å²) in [6.45, 7) is 1.30. The summed E-state index contributed by atoms with van der Waals surface area (Å²) < 4.78 is 39.6. The molecule has 1 N–H and O–H groups in total. The lowest BCUT2D eigenvalue weighted by Crippen LogP contribution is -2.31. The molecule has 0 radical (unpaired) electrons. The predicted molar refractivity (Wildman–Crippen MR) is 110 cm³/mol. The van der Waals surface area contributed by atoms with Crippen molar-refractivity contribution in [1.82, 2.24) is 14.5 Å². The molecule has 0 aliphatic heterocycles. The molecule has 162 valence electrons. The van der Waals surface area contributed by atoms with Crippen LogP contribution >= 0.6 is 11.8 Å².